The number of rotatable bonds is 4. The van der Waals surface area contributed by atoms with Gasteiger partial charge in [0.15, 0.2) is 0 Å². The fourth-order valence-electron chi connectivity index (χ4n) is 3.00. The maximum absolute atomic E-state index is 12.5. The Balaban J connectivity index is 1.96. The number of amides is 1. The van der Waals surface area contributed by atoms with E-state index in [2.05, 4.69) is 11.8 Å². The summed E-state index contributed by atoms with van der Waals surface area (Å²) < 4.78 is 1.81. The molecule has 2 heterocycles. The van der Waals surface area contributed by atoms with Crippen molar-refractivity contribution in [1.82, 2.24) is 14.4 Å². The Morgan fingerprint density at radius 3 is 2.60 bits per heavy atom. The molecule has 0 spiro atoms. The second kappa shape index (κ2) is 6.31. The van der Waals surface area contributed by atoms with Crippen molar-refractivity contribution in [1.29, 1.82) is 0 Å². The number of likely N-dealkylation sites (tertiary alicyclic amines) is 1. The zero-order valence-corrected chi connectivity index (χ0v) is 12.8. The molecule has 1 amide bonds. The number of nitrogens with two attached hydrogens (primary N) is 1. The average Bonchev–Trinajstić information content (AvgIpc) is 2.77. The number of hydrogen-bond acceptors (Lipinski definition) is 3. The molecule has 2 N–H and O–H groups in total. The maximum Gasteiger partial charge on any atom is 0.270 e. The predicted molar refractivity (Wildman–Crippen MR) is 81.7 cm³/mol. The first-order valence-corrected chi connectivity index (χ1v) is 7.44. The number of aromatic nitrogens is 1. The molecule has 0 saturated carbocycles. The Hall–Kier alpha value is -1.49. The van der Waals surface area contributed by atoms with E-state index in [0.29, 0.717) is 17.4 Å². The summed E-state index contributed by atoms with van der Waals surface area (Å²) in [7, 11) is 3.77. The minimum atomic E-state index is 0.0677. The number of carbonyl (C=O) groups excluding carboxylic acids is 1. The second-order valence-corrected chi connectivity index (χ2v) is 5.76. The van der Waals surface area contributed by atoms with E-state index in [1.54, 1.807) is 16.8 Å². The standard InChI is InChI=1S/C15H26N4O/c1-4-7-19-8-5-13(6-9-19)18(3)15(20)14-10-12(16)11-17(14)2/h10-11,13H,4-9,16H2,1-3H3. The molecule has 1 saturated heterocycles. The van der Waals surface area contributed by atoms with Gasteiger partial charge in [0.2, 0.25) is 0 Å². The first-order chi connectivity index (χ1) is 9.52. The molecule has 1 aromatic heterocycles. The zero-order chi connectivity index (χ0) is 14.7. The molecule has 1 fully saturated rings. The van der Waals surface area contributed by atoms with Gasteiger partial charge >= 0.3 is 0 Å². The fraction of sp³-hybridized carbons (Fsp3) is 0.667. The highest BCUT2D eigenvalue weighted by Crippen LogP contribution is 2.19. The van der Waals surface area contributed by atoms with Crippen molar-refractivity contribution in [3.05, 3.63) is 18.0 Å². The topological polar surface area (TPSA) is 54.5 Å². The van der Waals surface area contributed by atoms with Gasteiger partial charge in [-0.15, -0.1) is 0 Å². The lowest BCUT2D eigenvalue weighted by atomic mass is 10.0. The molecule has 0 aliphatic carbocycles. The van der Waals surface area contributed by atoms with Crippen molar-refractivity contribution in [2.45, 2.75) is 32.2 Å². The van der Waals surface area contributed by atoms with Crippen LogP contribution in [0.1, 0.15) is 36.7 Å². The summed E-state index contributed by atoms with van der Waals surface area (Å²) in [6.07, 6.45) is 5.09. The normalized spacial score (nSPS) is 17.4. The maximum atomic E-state index is 12.5. The van der Waals surface area contributed by atoms with E-state index in [4.69, 9.17) is 5.73 Å². The van der Waals surface area contributed by atoms with Gasteiger partial charge in [-0.25, -0.2) is 0 Å². The predicted octanol–water partition coefficient (Wildman–Crippen LogP) is 1.55. The van der Waals surface area contributed by atoms with Crippen molar-refractivity contribution >= 4 is 11.6 Å². The van der Waals surface area contributed by atoms with Crippen LogP contribution < -0.4 is 5.73 Å². The SMILES string of the molecule is CCCN1CCC(N(C)C(=O)c2cc(N)cn2C)CC1. The third kappa shape index (κ3) is 3.15. The van der Waals surface area contributed by atoms with Gasteiger partial charge in [-0.2, -0.15) is 0 Å². The van der Waals surface area contributed by atoms with E-state index < -0.39 is 0 Å². The van der Waals surface area contributed by atoms with Gasteiger partial charge in [0.05, 0.1) is 5.69 Å². The second-order valence-electron chi connectivity index (χ2n) is 5.76. The molecule has 0 bridgehead atoms. The zero-order valence-electron chi connectivity index (χ0n) is 12.8. The summed E-state index contributed by atoms with van der Waals surface area (Å²) in [5.41, 5.74) is 7.06. The van der Waals surface area contributed by atoms with Crippen LogP contribution in [0.25, 0.3) is 0 Å². The van der Waals surface area contributed by atoms with Crippen LogP contribution in [0.5, 0.6) is 0 Å². The largest absolute Gasteiger partial charge is 0.397 e. The summed E-state index contributed by atoms with van der Waals surface area (Å²) in [6, 6.07) is 2.09. The van der Waals surface area contributed by atoms with Crippen LogP contribution in [0.15, 0.2) is 12.3 Å². The van der Waals surface area contributed by atoms with Gasteiger partial charge in [-0.1, -0.05) is 6.92 Å². The van der Waals surface area contributed by atoms with Crippen LogP contribution in [0.4, 0.5) is 5.69 Å². The third-order valence-corrected chi connectivity index (χ3v) is 4.21. The van der Waals surface area contributed by atoms with Gasteiger partial charge in [-0.3, -0.25) is 4.79 Å². The number of nitrogens with zero attached hydrogens (tertiary/aromatic N) is 3. The Kier molecular flexibility index (Phi) is 4.70. The van der Waals surface area contributed by atoms with Crippen LogP contribution in [0.2, 0.25) is 0 Å². The highest BCUT2D eigenvalue weighted by Gasteiger charge is 2.26. The molecule has 0 unspecified atom stereocenters. The van der Waals surface area contributed by atoms with Crippen LogP contribution in [-0.2, 0) is 7.05 Å². The molecular weight excluding hydrogens is 252 g/mol. The van der Waals surface area contributed by atoms with Gasteiger partial charge in [0.1, 0.15) is 5.69 Å². The van der Waals surface area contributed by atoms with Crippen molar-refractivity contribution < 1.29 is 4.79 Å². The van der Waals surface area contributed by atoms with Gasteiger partial charge in [-0.05, 0) is 31.9 Å². The molecule has 0 atom stereocenters. The number of anilines is 1. The van der Waals surface area contributed by atoms with Crippen LogP contribution in [0, 0.1) is 0 Å². The summed E-state index contributed by atoms with van der Waals surface area (Å²) in [5.74, 6) is 0.0677. The molecule has 1 aromatic rings. The Bertz CT molecular complexity index is 460. The number of aryl methyl sites for hydroxylation is 1. The van der Waals surface area contributed by atoms with Gasteiger partial charge in [0, 0.05) is 39.4 Å². The van der Waals surface area contributed by atoms with E-state index in [1.165, 1.54) is 13.0 Å². The van der Waals surface area contributed by atoms with Crippen molar-refractivity contribution in [3.63, 3.8) is 0 Å². The van der Waals surface area contributed by atoms with E-state index in [9.17, 15) is 4.79 Å². The number of hydrogen-bond donors (Lipinski definition) is 1. The quantitative estimate of drug-likeness (QED) is 0.909. The molecule has 0 radical (unpaired) electrons. The monoisotopic (exact) mass is 278 g/mol. The van der Waals surface area contributed by atoms with Crippen LogP contribution in [-0.4, -0.2) is 53.0 Å². The molecule has 1 aliphatic rings. The average molecular weight is 278 g/mol. The first kappa shape index (κ1) is 14.9. The Morgan fingerprint density at radius 1 is 1.45 bits per heavy atom. The lowest BCUT2D eigenvalue weighted by Crippen LogP contribution is -2.46. The number of piperidine rings is 1. The molecule has 5 nitrogen and oxygen atoms in total. The minimum Gasteiger partial charge on any atom is -0.397 e. The van der Waals surface area contributed by atoms with E-state index in [-0.39, 0.29) is 5.91 Å². The van der Waals surface area contributed by atoms with Crippen molar-refractivity contribution in [2.75, 3.05) is 32.4 Å². The Morgan fingerprint density at radius 2 is 2.10 bits per heavy atom. The van der Waals surface area contributed by atoms with Gasteiger partial charge in [0.25, 0.3) is 5.91 Å². The molecule has 20 heavy (non-hydrogen) atoms. The summed E-state index contributed by atoms with van der Waals surface area (Å²) in [5, 5.41) is 0. The lowest BCUT2D eigenvalue weighted by molar-refractivity contribution is 0.0633. The molecule has 1 aliphatic heterocycles. The van der Waals surface area contributed by atoms with Gasteiger partial charge < -0.3 is 20.1 Å². The third-order valence-electron chi connectivity index (χ3n) is 4.21. The highest BCUT2D eigenvalue weighted by molar-refractivity contribution is 5.93. The first-order valence-electron chi connectivity index (χ1n) is 7.44. The van der Waals surface area contributed by atoms with Crippen LogP contribution in [0.3, 0.4) is 0 Å². The van der Waals surface area contributed by atoms with Crippen LogP contribution >= 0.6 is 0 Å². The summed E-state index contributed by atoms with van der Waals surface area (Å²) >= 11 is 0. The molecule has 2 rings (SSSR count). The molecule has 112 valence electrons. The number of carbonyl (C=O) groups is 1. The van der Waals surface area contributed by atoms with Crippen molar-refractivity contribution in [3.8, 4) is 0 Å². The van der Waals surface area contributed by atoms with E-state index in [0.717, 1.165) is 25.9 Å². The summed E-state index contributed by atoms with van der Waals surface area (Å²) in [4.78, 5) is 16.9. The van der Waals surface area contributed by atoms with E-state index in [1.807, 2.05) is 19.0 Å². The smallest absolute Gasteiger partial charge is 0.270 e. The highest BCUT2D eigenvalue weighted by atomic mass is 16.2. The number of nitrogen functional groups attached to an aromatic ring is 1. The minimum absolute atomic E-state index is 0.0677. The van der Waals surface area contributed by atoms with E-state index >= 15 is 0 Å². The molecule has 0 aromatic carbocycles. The summed E-state index contributed by atoms with van der Waals surface area (Å²) in [6.45, 7) is 5.55. The molecule has 5 heteroatoms. The Labute approximate surface area is 121 Å². The lowest BCUT2D eigenvalue weighted by Gasteiger charge is -2.36. The molecular formula is C15H26N4O. The van der Waals surface area contributed by atoms with Crippen molar-refractivity contribution in [2.24, 2.45) is 7.05 Å². The fourth-order valence-corrected chi connectivity index (χ4v) is 3.00.